The van der Waals surface area contributed by atoms with Crippen LogP contribution in [0.15, 0.2) is 22.8 Å². The predicted octanol–water partition coefficient (Wildman–Crippen LogP) is 1.52. The Morgan fingerprint density at radius 3 is 2.43 bits per heavy atom. The number of ketones is 3. The summed E-state index contributed by atoms with van der Waals surface area (Å²) in [6, 6.07) is -1.08. The number of Topliss-reactive ketones (excluding diaryl/α,β-unsaturated/α-hetero) is 2. The minimum absolute atomic E-state index is 0.0446. The molecule has 1 N–H and O–H groups in total. The van der Waals surface area contributed by atoms with Gasteiger partial charge >= 0.3 is 12.2 Å². The third kappa shape index (κ3) is 6.42. The van der Waals surface area contributed by atoms with Crippen LogP contribution in [-0.4, -0.2) is 52.9 Å². The summed E-state index contributed by atoms with van der Waals surface area (Å²) in [5.41, 5.74) is 8.39. The average molecular weight is 417 g/mol. The molecule has 0 heterocycles. The van der Waals surface area contributed by atoms with Gasteiger partial charge in [0.15, 0.2) is 11.6 Å². The van der Waals surface area contributed by atoms with Gasteiger partial charge in [-0.2, -0.15) is 4.79 Å². The van der Waals surface area contributed by atoms with Crippen LogP contribution in [0.2, 0.25) is 0 Å². The fourth-order valence-electron chi connectivity index (χ4n) is 3.01. The molecule has 0 fully saturated rings. The average Bonchev–Trinajstić information content (AvgIpc) is 2.66. The molecule has 0 aromatic carbocycles. The predicted molar refractivity (Wildman–Crippen MR) is 107 cm³/mol. The van der Waals surface area contributed by atoms with Crippen molar-refractivity contribution in [2.45, 2.75) is 59.9 Å². The van der Waals surface area contributed by atoms with Gasteiger partial charge in [-0.05, 0) is 33.3 Å². The van der Waals surface area contributed by atoms with E-state index in [1.807, 2.05) is 0 Å². The number of esters is 1. The molecule has 1 aliphatic rings. The summed E-state index contributed by atoms with van der Waals surface area (Å²) in [5.74, 6) is -2.32. The van der Waals surface area contributed by atoms with Gasteiger partial charge < -0.3 is 15.6 Å². The zero-order valence-electron chi connectivity index (χ0n) is 17.9. The highest BCUT2D eigenvalue weighted by atomic mass is 16.5. The largest absolute Gasteiger partial charge is 0.464 e. The Labute approximate surface area is 175 Å². The van der Waals surface area contributed by atoms with E-state index in [0.717, 1.165) is 0 Å². The number of hydrogen-bond acceptors (Lipinski definition) is 6. The number of nitrogens with one attached hydrogen (secondary N) is 1. The van der Waals surface area contributed by atoms with Crippen LogP contribution in [0.25, 0.3) is 5.53 Å². The molecule has 162 valence electrons. The van der Waals surface area contributed by atoms with Gasteiger partial charge in [0.25, 0.3) is 0 Å². The molecule has 1 atom stereocenters. The second kappa shape index (κ2) is 10.5. The lowest BCUT2D eigenvalue weighted by molar-refractivity contribution is -0.148. The Balaban J connectivity index is 2.93. The Morgan fingerprint density at radius 1 is 1.23 bits per heavy atom. The molecule has 1 rings (SSSR count). The van der Waals surface area contributed by atoms with Crippen molar-refractivity contribution in [3.8, 4) is 0 Å². The van der Waals surface area contributed by atoms with Crippen LogP contribution in [0.4, 0.5) is 0 Å². The summed E-state index contributed by atoms with van der Waals surface area (Å²) >= 11 is 0. The van der Waals surface area contributed by atoms with Gasteiger partial charge in [-0.3, -0.25) is 19.2 Å². The first-order valence-corrected chi connectivity index (χ1v) is 9.59. The van der Waals surface area contributed by atoms with E-state index in [0.29, 0.717) is 17.4 Å². The molecule has 0 radical (unpaired) electrons. The van der Waals surface area contributed by atoms with Gasteiger partial charge in [0, 0.05) is 35.0 Å². The molecule has 0 bridgehead atoms. The van der Waals surface area contributed by atoms with Crippen molar-refractivity contribution in [2.24, 2.45) is 5.41 Å². The summed E-state index contributed by atoms with van der Waals surface area (Å²) in [6.45, 7) is 8.18. The molecule has 0 spiro atoms. The smallest absolute Gasteiger partial charge is 0.328 e. The first-order chi connectivity index (χ1) is 13.9. The fourth-order valence-corrected chi connectivity index (χ4v) is 3.01. The van der Waals surface area contributed by atoms with Crippen LogP contribution in [0.1, 0.15) is 53.9 Å². The first-order valence-electron chi connectivity index (χ1n) is 9.59. The summed E-state index contributed by atoms with van der Waals surface area (Å²) in [7, 11) is 0. The zero-order chi connectivity index (χ0) is 23.1. The van der Waals surface area contributed by atoms with Crippen LogP contribution < -0.4 is 5.32 Å². The number of carbonyl (C=O) groups excluding carboxylic acids is 5. The molecular weight excluding hydrogens is 390 g/mol. The molecule has 1 amide bonds. The lowest BCUT2D eigenvalue weighted by Crippen LogP contribution is -2.44. The van der Waals surface area contributed by atoms with Crippen LogP contribution in [-0.2, 0) is 28.7 Å². The van der Waals surface area contributed by atoms with E-state index in [-0.39, 0.29) is 43.0 Å². The van der Waals surface area contributed by atoms with Crippen molar-refractivity contribution in [3.63, 3.8) is 0 Å². The Kier molecular flexibility index (Phi) is 8.74. The normalized spacial score (nSPS) is 15.2. The number of ether oxygens (including phenoxy) is 1. The number of allylic oxidation sites excluding steroid dienone is 4. The molecule has 0 aromatic heterocycles. The van der Waals surface area contributed by atoms with Gasteiger partial charge in [0.2, 0.25) is 11.7 Å². The second-order valence-corrected chi connectivity index (χ2v) is 7.68. The number of rotatable bonds is 10. The lowest BCUT2D eigenvalue weighted by Gasteiger charge is -2.29. The summed E-state index contributed by atoms with van der Waals surface area (Å²) in [4.78, 5) is 63.6. The molecule has 9 heteroatoms. The van der Waals surface area contributed by atoms with E-state index >= 15 is 0 Å². The minimum atomic E-state index is -1.08. The molecule has 1 aliphatic carbocycles. The summed E-state index contributed by atoms with van der Waals surface area (Å²) in [5, 5.41) is 2.53. The van der Waals surface area contributed by atoms with E-state index in [1.165, 1.54) is 6.08 Å². The Morgan fingerprint density at radius 2 is 1.87 bits per heavy atom. The van der Waals surface area contributed by atoms with Gasteiger partial charge in [0.05, 0.1) is 6.61 Å². The maximum atomic E-state index is 12.6. The van der Waals surface area contributed by atoms with E-state index in [4.69, 9.17) is 10.3 Å². The van der Waals surface area contributed by atoms with Crippen LogP contribution >= 0.6 is 0 Å². The second-order valence-electron chi connectivity index (χ2n) is 7.68. The van der Waals surface area contributed by atoms with E-state index < -0.39 is 29.1 Å². The van der Waals surface area contributed by atoms with Gasteiger partial charge in [0.1, 0.15) is 6.04 Å². The van der Waals surface area contributed by atoms with Crippen LogP contribution in [0.3, 0.4) is 0 Å². The van der Waals surface area contributed by atoms with Crippen molar-refractivity contribution in [1.29, 1.82) is 0 Å². The van der Waals surface area contributed by atoms with Crippen molar-refractivity contribution in [2.75, 3.05) is 6.61 Å². The molecule has 0 aromatic rings. The van der Waals surface area contributed by atoms with E-state index in [1.54, 1.807) is 34.6 Å². The van der Waals surface area contributed by atoms with Crippen LogP contribution in [0.5, 0.6) is 0 Å². The molecule has 0 unspecified atom stereocenters. The highest BCUT2D eigenvalue weighted by Gasteiger charge is 2.36. The SMILES string of the molecule is CCOC(=O)[C@H](CCC(=O)C=[N+]=[N-])NC(=O)CC(C)(C)C1=CC(=O)C(C)=C(C)C1=O. The highest BCUT2D eigenvalue weighted by molar-refractivity contribution is 6.25. The summed E-state index contributed by atoms with van der Waals surface area (Å²) in [6.07, 6.45) is 1.62. The molecule has 0 saturated carbocycles. The lowest BCUT2D eigenvalue weighted by atomic mass is 9.74. The maximum absolute atomic E-state index is 12.6. The number of hydrogen-bond donors (Lipinski definition) is 1. The Bertz CT molecular complexity index is 875. The Hall–Kier alpha value is -3.19. The van der Waals surface area contributed by atoms with Crippen molar-refractivity contribution in [3.05, 3.63) is 28.3 Å². The van der Waals surface area contributed by atoms with E-state index in [9.17, 15) is 24.0 Å². The molecule has 0 saturated heterocycles. The van der Waals surface area contributed by atoms with Crippen molar-refractivity contribution >= 4 is 35.4 Å². The topological polar surface area (TPSA) is 143 Å². The van der Waals surface area contributed by atoms with Gasteiger partial charge in [-0.25, -0.2) is 4.79 Å². The number of amides is 1. The highest BCUT2D eigenvalue weighted by Crippen LogP contribution is 2.35. The third-order valence-corrected chi connectivity index (χ3v) is 4.91. The molecule has 30 heavy (non-hydrogen) atoms. The zero-order valence-corrected chi connectivity index (χ0v) is 17.9. The van der Waals surface area contributed by atoms with Crippen LogP contribution in [0, 0.1) is 5.41 Å². The van der Waals surface area contributed by atoms with Gasteiger partial charge in [-0.1, -0.05) is 13.8 Å². The summed E-state index contributed by atoms with van der Waals surface area (Å²) < 4.78 is 4.94. The first kappa shape index (κ1) is 24.8. The molecule has 9 nitrogen and oxygen atoms in total. The standard InChI is InChI=1S/C21H27N3O6/c1-6-30-20(29)16(8-7-14(25)11-23-22)24-18(27)10-21(4,5)15-9-17(26)12(2)13(3)19(15)28/h9,11,16H,6-8,10H2,1-5H3,(H,24,27)/t16-/m0/s1. The van der Waals surface area contributed by atoms with Crippen molar-refractivity contribution in [1.82, 2.24) is 5.32 Å². The van der Waals surface area contributed by atoms with Gasteiger partial charge in [-0.15, -0.1) is 0 Å². The number of nitrogens with zero attached hydrogens (tertiary/aromatic N) is 2. The van der Waals surface area contributed by atoms with Crippen molar-refractivity contribution < 1.29 is 33.5 Å². The quantitative estimate of drug-likeness (QED) is 0.188. The third-order valence-electron chi connectivity index (χ3n) is 4.91. The monoisotopic (exact) mass is 417 g/mol. The fraction of sp³-hybridized carbons (Fsp3) is 0.524. The maximum Gasteiger partial charge on any atom is 0.328 e. The minimum Gasteiger partial charge on any atom is -0.464 e. The molecule has 0 aliphatic heterocycles. The van der Waals surface area contributed by atoms with E-state index in [2.05, 4.69) is 10.1 Å². The molecular formula is C21H27N3O6. The number of carbonyl (C=O) groups is 5.